The van der Waals surface area contributed by atoms with Gasteiger partial charge in [0.1, 0.15) is 0 Å². The summed E-state index contributed by atoms with van der Waals surface area (Å²) >= 11 is 0. The molecule has 1 saturated heterocycles. The molecule has 1 amide bonds. The van der Waals surface area contributed by atoms with E-state index < -0.39 is 0 Å². The summed E-state index contributed by atoms with van der Waals surface area (Å²) in [5, 5.41) is 3.07. The van der Waals surface area contributed by atoms with Crippen LogP contribution in [0.1, 0.15) is 36.1 Å². The number of rotatable bonds is 7. The average Bonchev–Trinajstić information content (AvgIpc) is 3.24. The van der Waals surface area contributed by atoms with Crippen LogP contribution in [0.5, 0.6) is 17.2 Å². The molecule has 0 bridgehead atoms. The maximum Gasteiger partial charge on any atom is 0.217 e. The highest BCUT2D eigenvalue weighted by Crippen LogP contribution is 2.50. The Morgan fingerprint density at radius 1 is 0.927 bits per heavy atom. The lowest BCUT2D eigenvalue weighted by atomic mass is 9.95. The van der Waals surface area contributed by atoms with E-state index in [4.69, 9.17) is 14.2 Å². The van der Waals surface area contributed by atoms with Crippen LogP contribution in [0.2, 0.25) is 0 Å². The summed E-state index contributed by atoms with van der Waals surface area (Å²) in [7, 11) is 4.78. The molecule has 0 spiro atoms. The van der Waals surface area contributed by atoms with Crippen molar-refractivity contribution >= 4 is 17.7 Å². The number of carbonyl (C=O) groups excluding carboxylic acids is 1. The number of nitrogens with one attached hydrogen (secondary N) is 1. The number of piperazine rings is 1. The molecule has 1 aliphatic heterocycles. The van der Waals surface area contributed by atoms with Crippen LogP contribution in [0.4, 0.5) is 5.69 Å². The number of hydrogen-bond acceptors (Lipinski definition) is 7. The third-order valence-corrected chi connectivity index (χ3v) is 7.83. The molecule has 8 nitrogen and oxygen atoms in total. The Morgan fingerprint density at radius 3 is 2.32 bits per heavy atom. The number of methoxy groups -OCH3 is 3. The van der Waals surface area contributed by atoms with E-state index in [2.05, 4.69) is 39.5 Å². The molecule has 1 atom stereocenters. The summed E-state index contributed by atoms with van der Waals surface area (Å²) in [6.07, 6.45) is 5.53. The van der Waals surface area contributed by atoms with Gasteiger partial charge in [-0.25, -0.2) is 0 Å². The fourth-order valence-electron chi connectivity index (χ4n) is 5.83. The van der Waals surface area contributed by atoms with Crippen LogP contribution in [0, 0.1) is 0 Å². The lowest BCUT2D eigenvalue weighted by Crippen LogP contribution is -2.45. The van der Waals surface area contributed by atoms with E-state index in [1.54, 1.807) is 27.4 Å². The van der Waals surface area contributed by atoms with Crippen LogP contribution in [-0.4, -0.2) is 58.3 Å². The summed E-state index contributed by atoms with van der Waals surface area (Å²) in [5.74, 6) is 1.47. The maximum absolute atomic E-state index is 13.8. The number of ether oxygens (including phenoxy) is 3. The first-order valence-corrected chi connectivity index (χ1v) is 13.9. The molecule has 41 heavy (non-hydrogen) atoms. The third kappa shape index (κ3) is 5.87. The SMILES string of the molecule is COc1cc2c(c(OC)c1OC)-c1ccc(N3CCN(C=Cc4ccccc4)CC3)c(=O)cc1C(NC(C)=O)CC2. The molecule has 5 rings (SSSR count). The molecule has 0 saturated carbocycles. The molecule has 1 heterocycles. The zero-order valence-corrected chi connectivity index (χ0v) is 24.1. The average molecular weight is 556 g/mol. The number of fused-ring (bicyclic) bond motifs is 3. The Bertz CT molecular complexity index is 1500. The Morgan fingerprint density at radius 2 is 1.66 bits per heavy atom. The minimum atomic E-state index is -0.329. The topological polar surface area (TPSA) is 80.3 Å². The smallest absolute Gasteiger partial charge is 0.217 e. The number of anilines is 1. The van der Waals surface area contributed by atoms with Crippen LogP contribution in [-0.2, 0) is 11.2 Å². The summed E-state index contributed by atoms with van der Waals surface area (Å²) in [4.78, 5) is 30.4. The van der Waals surface area contributed by atoms with Crippen LogP contribution in [0.15, 0.2) is 65.6 Å². The molecule has 3 aromatic rings. The number of amides is 1. The zero-order chi connectivity index (χ0) is 28.9. The molecule has 0 radical (unpaired) electrons. The summed E-state index contributed by atoms with van der Waals surface area (Å²) < 4.78 is 17.2. The predicted octanol–water partition coefficient (Wildman–Crippen LogP) is 4.66. The Kier molecular flexibility index (Phi) is 8.47. The van der Waals surface area contributed by atoms with Crippen molar-refractivity contribution in [3.8, 4) is 28.4 Å². The van der Waals surface area contributed by atoms with Gasteiger partial charge >= 0.3 is 0 Å². The van der Waals surface area contributed by atoms with Gasteiger partial charge < -0.3 is 29.3 Å². The van der Waals surface area contributed by atoms with E-state index >= 15 is 0 Å². The van der Waals surface area contributed by atoms with Gasteiger partial charge in [-0.2, -0.15) is 0 Å². The second kappa shape index (κ2) is 12.4. The quantitative estimate of drug-likeness (QED) is 0.454. The molecule has 1 fully saturated rings. The van der Waals surface area contributed by atoms with Crippen molar-refractivity contribution in [2.24, 2.45) is 0 Å². The van der Waals surface area contributed by atoms with E-state index in [1.165, 1.54) is 6.92 Å². The van der Waals surface area contributed by atoms with Gasteiger partial charge in [0.05, 0.1) is 33.1 Å². The van der Waals surface area contributed by atoms with Crippen molar-refractivity contribution < 1.29 is 19.0 Å². The van der Waals surface area contributed by atoms with E-state index in [0.29, 0.717) is 35.8 Å². The number of aryl methyl sites for hydroxylation is 1. The lowest BCUT2D eigenvalue weighted by Gasteiger charge is -2.35. The van der Waals surface area contributed by atoms with Crippen molar-refractivity contribution in [3.05, 3.63) is 87.7 Å². The van der Waals surface area contributed by atoms with Gasteiger partial charge in [-0.3, -0.25) is 9.59 Å². The van der Waals surface area contributed by atoms with E-state index in [9.17, 15) is 9.59 Å². The molecule has 0 aromatic heterocycles. The van der Waals surface area contributed by atoms with Crippen molar-refractivity contribution in [2.75, 3.05) is 52.4 Å². The van der Waals surface area contributed by atoms with Crippen LogP contribution >= 0.6 is 0 Å². The van der Waals surface area contributed by atoms with Crippen LogP contribution < -0.4 is 29.9 Å². The largest absolute Gasteiger partial charge is 0.493 e. The number of carbonyl (C=O) groups is 1. The highest BCUT2D eigenvalue weighted by Gasteiger charge is 2.30. The molecule has 3 aromatic carbocycles. The second-order valence-electron chi connectivity index (χ2n) is 10.3. The molecular weight excluding hydrogens is 518 g/mol. The molecule has 1 aliphatic carbocycles. The first-order valence-electron chi connectivity index (χ1n) is 13.9. The first-order chi connectivity index (χ1) is 19.9. The normalized spacial score (nSPS) is 16.4. The molecule has 214 valence electrons. The molecule has 8 heteroatoms. The van der Waals surface area contributed by atoms with E-state index in [1.807, 2.05) is 36.4 Å². The highest BCUT2D eigenvalue weighted by atomic mass is 16.5. The van der Waals surface area contributed by atoms with Gasteiger partial charge in [0.15, 0.2) is 11.5 Å². The summed E-state index contributed by atoms with van der Waals surface area (Å²) in [5.41, 5.74) is 5.20. The Labute approximate surface area is 241 Å². The Balaban J connectivity index is 1.53. The second-order valence-corrected chi connectivity index (χ2v) is 10.3. The fraction of sp³-hybridized carbons (Fsp3) is 0.333. The van der Waals surface area contributed by atoms with Crippen molar-refractivity contribution in [1.82, 2.24) is 10.2 Å². The van der Waals surface area contributed by atoms with Crippen LogP contribution in [0.3, 0.4) is 0 Å². The number of nitrogens with zero attached hydrogens (tertiary/aromatic N) is 2. The Hall–Kier alpha value is -4.46. The van der Waals surface area contributed by atoms with Crippen molar-refractivity contribution in [2.45, 2.75) is 25.8 Å². The first kappa shape index (κ1) is 28.1. The van der Waals surface area contributed by atoms with E-state index in [-0.39, 0.29) is 17.4 Å². The molecule has 1 unspecified atom stereocenters. The van der Waals surface area contributed by atoms with E-state index in [0.717, 1.165) is 54.0 Å². The zero-order valence-electron chi connectivity index (χ0n) is 24.1. The third-order valence-electron chi connectivity index (χ3n) is 7.83. The fourth-order valence-corrected chi connectivity index (χ4v) is 5.83. The monoisotopic (exact) mass is 555 g/mol. The molecule has 1 N–H and O–H groups in total. The van der Waals surface area contributed by atoms with Gasteiger partial charge in [-0.05, 0) is 65.6 Å². The standard InChI is InChI=1S/C33H37N3O5/c1-22(37)34-27-12-10-24-20-30(39-2)32(40-3)33(41-4)31(24)25-11-13-28(29(38)21-26(25)27)36-18-16-35(17-19-36)15-14-23-8-6-5-7-9-23/h5-9,11,13-15,20-21,27H,10,12,16-19H2,1-4H3,(H,34,37). The minimum Gasteiger partial charge on any atom is -0.493 e. The highest BCUT2D eigenvalue weighted by molar-refractivity contribution is 5.83. The van der Waals surface area contributed by atoms with Crippen LogP contribution in [0.25, 0.3) is 17.2 Å². The van der Waals surface area contributed by atoms with Gasteiger partial charge in [0.2, 0.25) is 17.1 Å². The summed E-state index contributed by atoms with van der Waals surface area (Å²) in [6, 6.07) is 17.5. The van der Waals surface area contributed by atoms with Gasteiger partial charge in [0.25, 0.3) is 0 Å². The number of benzene rings is 2. The van der Waals surface area contributed by atoms with Crippen molar-refractivity contribution in [3.63, 3.8) is 0 Å². The van der Waals surface area contributed by atoms with Gasteiger partial charge in [-0.15, -0.1) is 0 Å². The summed E-state index contributed by atoms with van der Waals surface area (Å²) in [6.45, 7) is 4.57. The number of hydrogen-bond donors (Lipinski definition) is 1. The lowest BCUT2D eigenvalue weighted by molar-refractivity contribution is -0.119. The minimum absolute atomic E-state index is 0.0715. The van der Waals surface area contributed by atoms with Gasteiger partial charge in [0, 0.05) is 38.7 Å². The molecule has 2 aliphatic rings. The molecular formula is C33H37N3O5. The van der Waals surface area contributed by atoms with Gasteiger partial charge in [-0.1, -0.05) is 36.4 Å². The van der Waals surface area contributed by atoms with Crippen molar-refractivity contribution in [1.29, 1.82) is 0 Å². The maximum atomic E-state index is 13.8. The predicted molar refractivity (Wildman–Crippen MR) is 162 cm³/mol.